The summed E-state index contributed by atoms with van der Waals surface area (Å²) in [4.78, 5) is 17.3. The SMILES string of the molecule is O=C(c1c[nH]c2ccccc12)N1CCO[C@@H](CO)C1. The van der Waals surface area contributed by atoms with Gasteiger partial charge < -0.3 is 19.7 Å². The van der Waals surface area contributed by atoms with Gasteiger partial charge in [-0.15, -0.1) is 0 Å². The highest BCUT2D eigenvalue weighted by Crippen LogP contribution is 2.20. The van der Waals surface area contributed by atoms with E-state index in [0.29, 0.717) is 25.3 Å². The smallest absolute Gasteiger partial charge is 0.256 e. The maximum absolute atomic E-state index is 12.5. The Bertz CT molecular complexity index is 593. The van der Waals surface area contributed by atoms with Gasteiger partial charge in [0, 0.05) is 30.2 Å². The van der Waals surface area contributed by atoms with E-state index < -0.39 is 0 Å². The first-order valence-corrected chi connectivity index (χ1v) is 6.37. The minimum absolute atomic E-state index is 0.0146. The first-order chi connectivity index (χ1) is 9.29. The fraction of sp³-hybridized carbons (Fsp3) is 0.357. The largest absolute Gasteiger partial charge is 0.394 e. The molecule has 0 aliphatic carbocycles. The first-order valence-electron chi connectivity index (χ1n) is 6.37. The molecule has 0 saturated carbocycles. The molecule has 0 unspecified atom stereocenters. The zero-order chi connectivity index (χ0) is 13.2. The number of rotatable bonds is 2. The van der Waals surface area contributed by atoms with E-state index >= 15 is 0 Å². The number of H-pyrrole nitrogens is 1. The van der Waals surface area contributed by atoms with Crippen molar-refractivity contribution < 1.29 is 14.6 Å². The van der Waals surface area contributed by atoms with Gasteiger partial charge in [-0.2, -0.15) is 0 Å². The normalized spacial score (nSPS) is 19.8. The predicted molar refractivity (Wildman–Crippen MR) is 71.0 cm³/mol. The molecule has 1 atom stereocenters. The zero-order valence-corrected chi connectivity index (χ0v) is 10.5. The van der Waals surface area contributed by atoms with Crippen molar-refractivity contribution >= 4 is 16.8 Å². The topological polar surface area (TPSA) is 65.6 Å². The lowest BCUT2D eigenvalue weighted by molar-refractivity contribution is -0.0446. The van der Waals surface area contributed by atoms with E-state index in [4.69, 9.17) is 9.84 Å². The second-order valence-electron chi connectivity index (χ2n) is 4.67. The van der Waals surface area contributed by atoms with E-state index in [9.17, 15) is 4.79 Å². The molecular formula is C14H16N2O3. The molecule has 2 heterocycles. The number of benzene rings is 1. The number of nitrogens with one attached hydrogen (secondary N) is 1. The fourth-order valence-electron chi connectivity index (χ4n) is 2.43. The summed E-state index contributed by atoms with van der Waals surface area (Å²) in [5.41, 5.74) is 1.63. The number of aromatic nitrogens is 1. The molecule has 2 aromatic rings. The van der Waals surface area contributed by atoms with Gasteiger partial charge >= 0.3 is 0 Å². The van der Waals surface area contributed by atoms with Crippen LogP contribution in [-0.2, 0) is 4.74 Å². The second kappa shape index (κ2) is 5.03. The minimum Gasteiger partial charge on any atom is -0.394 e. The van der Waals surface area contributed by atoms with Crippen LogP contribution in [0.3, 0.4) is 0 Å². The van der Waals surface area contributed by atoms with Crippen molar-refractivity contribution in [3.05, 3.63) is 36.0 Å². The lowest BCUT2D eigenvalue weighted by atomic mass is 10.1. The average molecular weight is 260 g/mol. The summed E-state index contributed by atoms with van der Waals surface area (Å²) in [6.45, 7) is 1.42. The third-order valence-electron chi connectivity index (χ3n) is 3.45. The van der Waals surface area contributed by atoms with Crippen molar-refractivity contribution in [2.75, 3.05) is 26.3 Å². The summed E-state index contributed by atoms with van der Waals surface area (Å²) in [5.74, 6) is -0.0146. The van der Waals surface area contributed by atoms with Crippen molar-refractivity contribution in [3.63, 3.8) is 0 Å². The molecule has 19 heavy (non-hydrogen) atoms. The molecule has 1 aromatic carbocycles. The molecule has 0 radical (unpaired) electrons. The third kappa shape index (κ3) is 2.22. The number of aliphatic hydroxyl groups is 1. The predicted octanol–water partition coefficient (Wildman–Crippen LogP) is 1.00. The van der Waals surface area contributed by atoms with E-state index in [1.165, 1.54) is 0 Å². The number of hydrogen-bond donors (Lipinski definition) is 2. The summed E-state index contributed by atoms with van der Waals surface area (Å²) in [7, 11) is 0. The molecule has 100 valence electrons. The van der Waals surface area contributed by atoms with Crippen LogP contribution in [0.25, 0.3) is 10.9 Å². The van der Waals surface area contributed by atoms with Crippen LogP contribution in [0.1, 0.15) is 10.4 Å². The van der Waals surface area contributed by atoms with Crippen LogP contribution in [0.2, 0.25) is 0 Å². The van der Waals surface area contributed by atoms with Crippen LogP contribution >= 0.6 is 0 Å². The van der Waals surface area contributed by atoms with Crippen LogP contribution < -0.4 is 0 Å². The standard InChI is InChI=1S/C14H16N2O3/c17-9-10-8-16(5-6-19-10)14(18)12-7-15-13-4-2-1-3-11(12)13/h1-4,7,10,15,17H,5-6,8-9H2/t10-/m1/s1. The van der Waals surface area contributed by atoms with Gasteiger partial charge in [-0.05, 0) is 6.07 Å². The number of carbonyl (C=O) groups excluding carboxylic acids is 1. The van der Waals surface area contributed by atoms with E-state index in [-0.39, 0.29) is 18.6 Å². The molecule has 1 amide bonds. The Labute approximate surface area is 110 Å². The maximum atomic E-state index is 12.5. The molecule has 1 aliphatic heterocycles. The number of fused-ring (bicyclic) bond motifs is 1. The van der Waals surface area contributed by atoms with Gasteiger partial charge in [-0.1, -0.05) is 18.2 Å². The molecule has 5 nitrogen and oxygen atoms in total. The first kappa shape index (κ1) is 12.2. The van der Waals surface area contributed by atoms with Gasteiger partial charge in [0.25, 0.3) is 5.91 Å². The van der Waals surface area contributed by atoms with Gasteiger partial charge in [0.1, 0.15) is 0 Å². The molecule has 0 bridgehead atoms. The van der Waals surface area contributed by atoms with Crippen LogP contribution in [-0.4, -0.2) is 53.3 Å². The number of amides is 1. The molecule has 1 saturated heterocycles. The molecule has 0 spiro atoms. The Kier molecular flexibility index (Phi) is 3.23. The number of nitrogens with zero attached hydrogens (tertiary/aromatic N) is 1. The number of ether oxygens (including phenoxy) is 1. The summed E-state index contributed by atoms with van der Waals surface area (Å²) in [6.07, 6.45) is 1.47. The Morgan fingerprint density at radius 3 is 3.16 bits per heavy atom. The number of hydrogen-bond acceptors (Lipinski definition) is 3. The monoisotopic (exact) mass is 260 g/mol. The number of para-hydroxylation sites is 1. The van der Waals surface area contributed by atoms with E-state index in [1.807, 2.05) is 24.3 Å². The molecule has 2 N–H and O–H groups in total. The Morgan fingerprint density at radius 1 is 1.47 bits per heavy atom. The lowest BCUT2D eigenvalue weighted by Crippen LogP contribution is -2.46. The van der Waals surface area contributed by atoms with Gasteiger partial charge in [0.05, 0.1) is 24.9 Å². The van der Waals surface area contributed by atoms with Crippen molar-refractivity contribution in [2.24, 2.45) is 0 Å². The maximum Gasteiger partial charge on any atom is 0.256 e. The summed E-state index contributed by atoms with van der Waals surface area (Å²) < 4.78 is 5.36. The summed E-state index contributed by atoms with van der Waals surface area (Å²) >= 11 is 0. The zero-order valence-electron chi connectivity index (χ0n) is 10.5. The van der Waals surface area contributed by atoms with Crippen LogP contribution in [0.4, 0.5) is 0 Å². The summed E-state index contributed by atoms with van der Waals surface area (Å²) in [5, 5.41) is 10.1. The van der Waals surface area contributed by atoms with Gasteiger partial charge in [-0.25, -0.2) is 0 Å². The molecule has 1 aliphatic rings. The average Bonchev–Trinajstić information content (AvgIpc) is 2.90. The minimum atomic E-state index is -0.275. The van der Waals surface area contributed by atoms with Crippen molar-refractivity contribution in [1.82, 2.24) is 9.88 Å². The lowest BCUT2D eigenvalue weighted by Gasteiger charge is -2.31. The van der Waals surface area contributed by atoms with Gasteiger partial charge in [-0.3, -0.25) is 4.79 Å². The number of carbonyl (C=O) groups is 1. The van der Waals surface area contributed by atoms with E-state index in [1.54, 1.807) is 11.1 Å². The van der Waals surface area contributed by atoms with Crippen molar-refractivity contribution in [2.45, 2.75) is 6.10 Å². The molecule has 1 aromatic heterocycles. The molecular weight excluding hydrogens is 244 g/mol. The molecule has 1 fully saturated rings. The molecule has 3 rings (SSSR count). The van der Waals surface area contributed by atoms with Crippen LogP contribution in [0.15, 0.2) is 30.5 Å². The Morgan fingerprint density at radius 2 is 2.32 bits per heavy atom. The van der Waals surface area contributed by atoms with Crippen LogP contribution in [0, 0.1) is 0 Å². The highest BCUT2D eigenvalue weighted by Gasteiger charge is 2.25. The second-order valence-corrected chi connectivity index (χ2v) is 4.67. The highest BCUT2D eigenvalue weighted by molar-refractivity contribution is 6.06. The van der Waals surface area contributed by atoms with Crippen molar-refractivity contribution in [1.29, 1.82) is 0 Å². The van der Waals surface area contributed by atoms with Crippen molar-refractivity contribution in [3.8, 4) is 0 Å². The quantitative estimate of drug-likeness (QED) is 0.846. The third-order valence-corrected chi connectivity index (χ3v) is 3.45. The van der Waals surface area contributed by atoms with E-state index in [2.05, 4.69) is 4.98 Å². The highest BCUT2D eigenvalue weighted by atomic mass is 16.5. The van der Waals surface area contributed by atoms with Gasteiger partial charge in [0.2, 0.25) is 0 Å². The van der Waals surface area contributed by atoms with E-state index in [0.717, 1.165) is 10.9 Å². The number of aliphatic hydroxyl groups excluding tert-OH is 1. The van der Waals surface area contributed by atoms with Crippen LogP contribution in [0.5, 0.6) is 0 Å². The van der Waals surface area contributed by atoms with Gasteiger partial charge in [0.15, 0.2) is 0 Å². The summed E-state index contributed by atoms with van der Waals surface area (Å²) in [6, 6.07) is 7.73. The Balaban J connectivity index is 1.87. The molecule has 5 heteroatoms. The number of aromatic amines is 1. The Hall–Kier alpha value is -1.85. The number of morpholine rings is 1. The fourth-order valence-corrected chi connectivity index (χ4v) is 2.43.